The molecule has 0 spiro atoms. The Labute approximate surface area is 156 Å². The van der Waals surface area contributed by atoms with Gasteiger partial charge in [0.1, 0.15) is 11.4 Å². The second-order valence-corrected chi connectivity index (χ2v) is 6.63. The summed E-state index contributed by atoms with van der Waals surface area (Å²) in [6.45, 7) is 3.87. The van der Waals surface area contributed by atoms with Crippen molar-refractivity contribution in [3.8, 4) is 0 Å². The van der Waals surface area contributed by atoms with Gasteiger partial charge in [-0.2, -0.15) is 0 Å². The summed E-state index contributed by atoms with van der Waals surface area (Å²) in [4.78, 5) is 25.9. The van der Waals surface area contributed by atoms with Gasteiger partial charge in [0.15, 0.2) is 0 Å². The zero-order valence-corrected chi connectivity index (χ0v) is 15.5. The van der Waals surface area contributed by atoms with Crippen LogP contribution in [-0.2, 0) is 16.0 Å². The first-order chi connectivity index (χ1) is 12.8. The average molecular weight is 368 g/mol. The Kier molecular flexibility index (Phi) is 5.26. The van der Waals surface area contributed by atoms with Gasteiger partial charge in [-0.3, -0.25) is 9.59 Å². The number of likely N-dealkylation sites (N-methyl/N-ethyl adjacent to an activating group) is 1. The summed E-state index contributed by atoms with van der Waals surface area (Å²) in [6, 6.07) is 9.56. The molecule has 1 N–H and O–H groups in total. The minimum atomic E-state index is -0.436. The molecule has 0 bridgehead atoms. The first-order valence-corrected chi connectivity index (χ1v) is 8.61. The van der Waals surface area contributed by atoms with Gasteiger partial charge in [-0.1, -0.05) is 18.2 Å². The Bertz CT molecular complexity index is 1010. The summed E-state index contributed by atoms with van der Waals surface area (Å²) in [5, 5.41) is 3.49. The molecule has 0 unspecified atom stereocenters. The van der Waals surface area contributed by atoms with Crippen molar-refractivity contribution in [3.63, 3.8) is 0 Å². The predicted octanol–water partition coefficient (Wildman–Crippen LogP) is 3.83. The lowest BCUT2D eigenvalue weighted by Gasteiger charge is -2.16. The number of nitrogens with one attached hydrogen (secondary N) is 1. The van der Waals surface area contributed by atoms with Gasteiger partial charge < -0.3 is 14.6 Å². The Balaban J connectivity index is 1.64. The van der Waals surface area contributed by atoms with Crippen LogP contribution in [0.15, 0.2) is 47.1 Å². The number of hydrogen-bond acceptors (Lipinski definition) is 3. The van der Waals surface area contributed by atoms with Crippen molar-refractivity contribution in [1.29, 1.82) is 0 Å². The molecule has 0 radical (unpaired) electrons. The quantitative estimate of drug-likeness (QED) is 0.744. The third-order valence-electron chi connectivity index (χ3n) is 4.60. The van der Waals surface area contributed by atoms with Gasteiger partial charge in [0, 0.05) is 23.7 Å². The summed E-state index contributed by atoms with van der Waals surface area (Å²) in [5.74, 6) is -1.03. The zero-order valence-electron chi connectivity index (χ0n) is 15.5. The minimum absolute atomic E-state index is 0.122. The van der Waals surface area contributed by atoms with Gasteiger partial charge in [-0.25, -0.2) is 4.39 Å². The van der Waals surface area contributed by atoms with E-state index in [2.05, 4.69) is 5.32 Å². The third-order valence-corrected chi connectivity index (χ3v) is 4.60. The molecule has 27 heavy (non-hydrogen) atoms. The van der Waals surface area contributed by atoms with Crippen LogP contribution in [0.3, 0.4) is 0 Å². The minimum Gasteiger partial charge on any atom is -0.464 e. The highest BCUT2D eigenvalue weighted by atomic mass is 19.1. The van der Waals surface area contributed by atoms with Crippen molar-refractivity contribution < 1.29 is 18.4 Å². The molecule has 0 fully saturated rings. The number of aryl methyl sites for hydroxylation is 2. The molecule has 0 aliphatic heterocycles. The fourth-order valence-electron chi connectivity index (χ4n) is 2.89. The largest absolute Gasteiger partial charge is 0.464 e. The SMILES string of the molecule is Cc1ccc2c(CC(=O)N(C)CC(=O)Nc3cccc(F)c3)coc2c1C. The maximum absolute atomic E-state index is 13.2. The van der Waals surface area contributed by atoms with E-state index in [1.54, 1.807) is 19.4 Å². The van der Waals surface area contributed by atoms with Crippen molar-refractivity contribution in [3.05, 3.63) is 65.2 Å². The van der Waals surface area contributed by atoms with Crippen LogP contribution in [0.5, 0.6) is 0 Å². The van der Waals surface area contributed by atoms with Gasteiger partial charge in [-0.05, 0) is 43.2 Å². The second kappa shape index (κ2) is 7.61. The number of carbonyl (C=O) groups excluding carboxylic acids is 2. The molecule has 2 aromatic carbocycles. The van der Waals surface area contributed by atoms with E-state index in [-0.39, 0.29) is 24.8 Å². The van der Waals surface area contributed by atoms with E-state index < -0.39 is 5.82 Å². The van der Waals surface area contributed by atoms with Crippen molar-refractivity contribution in [1.82, 2.24) is 4.90 Å². The number of amides is 2. The van der Waals surface area contributed by atoms with Gasteiger partial charge in [0.05, 0.1) is 19.2 Å². The number of fused-ring (bicyclic) bond motifs is 1. The van der Waals surface area contributed by atoms with Gasteiger partial charge in [-0.15, -0.1) is 0 Å². The topological polar surface area (TPSA) is 62.6 Å². The molecule has 3 aromatic rings. The molecule has 0 saturated heterocycles. The zero-order chi connectivity index (χ0) is 19.6. The monoisotopic (exact) mass is 368 g/mol. The lowest BCUT2D eigenvalue weighted by atomic mass is 10.0. The van der Waals surface area contributed by atoms with Crippen LogP contribution in [0.25, 0.3) is 11.0 Å². The van der Waals surface area contributed by atoms with Crippen LogP contribution in [0.4, 0.5) is 10.1 Å². The number of hydrogen-bond donors (Lipinski definition) is 1. The number of nitrogens with zero attached hydrogens (tertiary/aromatic N) is 1. The van der Waals surface area contributed by atoms with E-state index in [9.17, 15) is 14.0 Å². The molecular formula is C21H21FN2O3. The van der Waals surface area contributed by atoms with E-state index in [4.69, 9.17) is 4.42 Å². The van der Waals surface area contributed by atoms with Crippen LogP contribution < -0.4 is 5.32 Å². The second-order valence-electron chi connectivity index (χ2n) is 6.63. The highest BCUT2D eigenvalue weighted by Gasteiger charge is 2.17. The molecular weight excluding hydrogens is 347 g/mol. The number of halogens is 1. The first kappa shape index (κ1) is 18.6. The Morgan fingerprint density at radius 3 is 2.70 bits per heavy atom. The molecule has 0 aliphatic carbocycles. The maximum Gasteiger partial charge on any atom is 0.243 e. The van der Waals surface area contributed by atoms with Crippen LogP contribution in [-0.4, -0.2) is 30.3 Å². The van der Waals surface area contributed by atoms with Crippen LogP contribution in [0, 0.1) is 19.7 Å². The molecule has 1 heterocycles. The van der Waals surface area contributed by atoms with E-state index >= 15 is 0 Å². The fourth-order valence-corrected chi connectivity index (χ4v) is 2.89. The summed E-state index contributed by atoms with van der Waals surface area (Å²) >= 11 is 0. The Morgan fingerprint density at radius 2 is 1.96 bits per heavy atom. The summed E-state index contributed by atoms with van der Waals surface area (Å²) < 4.78 is 18.8. The highest BCUT2D eigenvalue weighted by molar-refractivity contribution is 5.95. The molecule has 6 heteroatoms. The molecule has 1 aromatic heterocycles. The van der Waals surface area contributed by atoms with Gasteiger partial charge in [0.2, 0.25) is 11.8 Å². The number of carbonyl (C=O) groups is 2. The lowest BCUT2D eigenvalue weighted by molar-refractivity contribution is -0.132. The molecule has 140 valence electrons. The fraction of sp³-hybridized carbons (Fsp3) is 0.238. The molecule has 2 amide bonds. The summed E-state index contributed by atoms with van der Waals surface area (Å²) in [7, 11) is 1.56. The molecule has 0 atom stereocenters. The molecule has 5 nitrogen and oxygen atoms in total. The standard InChI is InChI=1S/C21H21FN2O3/c1-13-7-8-18-15(12-27-21(18)14(13)2)9-20(26)24(3)11-19(25)23-17-6-4-5-16(22)10-17/h4-8,10,12H,9,11H2,1-3H3,(H,23,25). The van der Waals surface area contributed by atoms with Crippen molar-refractivity contribution >= 4 is 28.5 Å². The summed E-state index contributed by atoms with van der Waals surface area (Å²) in [5.41, 5.74) is 4.10. The molecule has 3 rings (SSSR count). The van der Waals surface area contributed by atoms with E-state index in [1.165, 1.54) is 23.1 Å². The van der Waals surface area contributed by atoms with Gasteiger partial charge in [0.25, 0.3) is 0 Å². The maximum atomic E-state index is 13.2. The Morgan fingerprint density at radius 1 is 1.19 bits per heavy atom. The van der Waals surface area contributed by atoms with Crippen LogP contribution in [0.2, 0.25) is 0 Å². The number of rotatable bonds is 5. The van der Waals surface area contributed by atoms with Crippen LogP contribution in [0.1, 0.15) is 16.7 Å². The van der Waals surface area contributed by atoms with Crippen molar-refractivity contribution in [2.24, 2.45) is 0 Å². The molecule has 0 saturated carbocycles. The predicted molar refractivity (Wildman–Crippen MR) is 102 cm³/mol. The van der Waals surface area contributed by atoms with E-state index in [1.807, 2.05) is 26.0 Å². The highest BCUT2D eigenvalue weighted by Crippen LogP contribution is 2.27. The number of benzene rings is 2. The van der Waals surface area contributed by atoms with Crippen molar-refractivity contribution in [2.75, 3.05) is 18.9 Å². The lowest BCUT2D eigenvalue weighted by Crippen LogP contribution is -2.35. The third kappa shape index (κ3) is 4.16. The Hall–Kier alpha value is -3.15. The number of anilines is 1. The summed E-state index contributed by atoms with van der Waals surface area (Å²) in [6.07, 6.45) is 1.73. The average Bonchev–Trinajstić information content (AvgIpc) is 3.01. The van der Waals surface area contributed by atoms with Crippen LogP contribution >= 0.6 is 0 Å². The van der Waals surface area contributed by atoms with E-state index in [0.29, 0.717) is 5.69 Å². The smallest absolute Gasteiger partial charge is 0.243 e. The number of furan rings is 1. The first-order valence-electron chi connectivity index (χ1n) is 8.61. The van der Waals surface area contributed by atoms with Gasteiger partial charge >= 0.3 is 0 Å². The van der Waals surface area contributed by atoms with Crippen molar-refractivity contribution in [2.45, 2.75) is 20.3 Å². The molecule has 0 aliphatic rings. The van der Waals surface area contributed by atoms with E-state index in [0.717, 1.165) is 27.7 Å². The normalized spacial score (nSPS) is 10.8.